The van der Waals surface area contributed by atoms with Crippen LogP contribution in [0.25, 0.3) is 0 Å². The van der Waals surface area contributed by atoms with Gasteiger partial charge in [-0.2, -0.15) is 0 Å². The Morgan fingerprint density at radius 3 is 2.67 bits per heavy atom. The standard InChI is InChI=1S/C19H30N4O3.HI/c1-22(2)18(24)15-21-19(20-14-17-10-7-12-25-17)23(3)11-13-26-16-8-5-4-6-9-16;/h4-6,8-9,17H,7,10-15H2,1-3H3,(H,20,21);1H. The van der Waals surface area contributed by atoms with Crippen LogP contribution in [0.4, 0.5) is 0 Å². The van der Waals surface area contributed by atoms with Crippen molar-refractivity contribution in [3.63, 3.8) is 0 Å². The minimum absolute atomic E-state index is 0. The van der Waals surface area contributed by atoms with Gasteiger partial charge in [-0.3, -0.25) is 4.79 Å². The van der Waals surface area contributed by atoms with Gasteiger partial charge in [0.05, 0.1) is 12.6 Å². The van der Waals surface area contributed by atoms with Crippen molar-refractivity contribution < 1.29 is 14.3 Å². The highest BCUT2D eigenvalue weighted by atomic mass is 127. The van der Waals surface area contributed by atoms with E-state index >= 15 is 0 Å². The van der Waals surface area contributed by atoms with Gasteiger partial charge in [-0.25, -0.2) is 4.99 Å². The van der Waals surface area contributed by atoms with Gasteiger partial charge in [0.1, 0.15) is 18.9 Å². The zero-order chi connectivity index (χ0) is 18.8. The fourth-order valence-electron chi connectivity index (χ4n) is 2.53. The van der Waals surface area contributed by atoms with Gasteiger partial charge in [-0.1, -0.05) is 18.2 Å². The van der Waals surface area contributed by atoms with Crippen LogP contribution in [0.2, 0.25) is 0 Å². The number of benzene rings is 1. The van der Waals surface area contributed by atoms with E-state index < -0.39 is 0 Å². The number of hydrogen-bond donors (Lipinski definition) is 1. The summed E-state index contributed by atoms with van der Waals surface area (Å²) in [6.07, 6.45) is 2.36. The molecule has 1 heterocycles. The fraction of sp³-hybridized carbons (Fsp3) is 0.579. The Hall–Kier alpha value is -1.55. The van der Waals surface area contributed by atoms with Crippen LogP contribution in [0, 0.1) is 0 Å². The molecule has 1 aliphatic rings. The van der Waals surface area contributed by atoms with Crippen molar-refractivity contribution in [2.75, 3.05) is 54.0 Å². The first-order chi connectivity index (χ1) is 12.6. The number of carbonyl (C=O) groups excluding carboxylic acids is 1. The van der Waals surface area contributed by atoms with Crippen LogP contribution in [0.5, 0.6) is 5.75 Å². The van der Waals surface area contributed by atoms with Crippen molar-refractivity contribution >= 4 is 35.8 Å². The Morgan fingerprint density at radius 1 is 1.30 bits per heavy atom. The van der Waals surface area contributed by atoms with E-state index in [4.69, 9.17) is 9.47 Å². The van der Waals surface area contributed by atoms with Crippen molar-refractivity contribution in [3.05, 3.63) is 30.3 Å². The van der Waals surface area contributed by atoms with Gasteiger partial charge in [0.25, 0.3) is 0 Å². The second-order valence-electron chi connectivity index (χ2n) is 6.53. The quantitative estimate of drug-likeness (QED) is 0.342. The van der Waals surface area contributed by atoms with Gasteiger partial charge in [-0.05, 0) is 25.0 Å². The maximum atomic E-state index is 11.9. The number of hydrogen-bond acceptors (Lipinski definition) is 4. The zero-order valence-corrected chi connectivity index (χ0v) is 18.7. The number of amides is 1. The molecule has 0 radical (unpaired) electrons. The van der Waals surface area contributed by atoms with E-state index in [-0.39, 0.29) is 42.5 Å². The molecule has 7 nitrogen and oxygen atoms in total. The smallest absolute Gasteiger partial charge is 0.243 e. The summed E-state index contributed by atoms with van der Waals surface area (Å²) in [7, 11) is 5.40. The van der Waals surface area contributed by atoms with Crippen LogP contribution in [-0.4, -0.2) is 81.8 Å². The molecule has 1 aliphatic heterocycles. The summed E-state index contributed by atoms with van der Waals surface area (Å²) >= 11 is 0. The molecule has 0 bridgehead atoms. The first-order valence-electron chi connectivity index (χ1n) is 9.05. The third-order valence-corrected chi connectivity index (χ3v) is 4.17. The average Bonchev–Trinajstić information content (AvgIpc) is 3.15. The molecule has 0 aliphatic carbocycles. The van der Waals surface area contributed by atoms with E-state index in [0.717, 1.165) is 25.2 Å². The largest absolute Gasteiger partial charge is 0.492 e. The summed E-state index contributed by atoms with van der Waals surface area (Å²) in [5.74, 6) is 1.50. The predicted octanol–water partition coefficient (Wildman–Crippen LogP) is 1.83. The van der Waals surface area contributed by atoms with Gasteiger partial charge in [0, 0.05) is 34.3 Å². The van der Waals surface area contributed by atoms with Crippen LogP contribution >= 0.6 is 24.0 Å². The highest BCUT2D eigenvalue weighted by Gasteiger charge is 2.17. The van der Waals surface area contributed by atoms with Crippen molar-refractivity contribution in [1.29, 1.82) is 0 Å². The topological polar surface area (TPSA) is 66.4 Å². The van der Waals surface area contributed by atoms with E-state index in [1.54, 1.807) is 19.0 Å². The lowest BCUT2D eigenvalue weighted by molar-refractivity contribution is -0.127. The molecule has 1 aromatic carbocycles. The Labute approximate surface area is 179 Å². The Kier molecular flexibility index (Phi) is 11.1. The molecule has 0 saturated carbocycles. The summed E-state index contributed by atoms with van der Waals surface area (Å²) in [6.45, 7) is 2.81. The molecule has 1 amide bonds. The van der Waals surface area contributed by atoms with E-state index in [0.29, 0.717) is 25.7 Å². The second kappa shape index (κ2) is 12.8. The number of aliphatic imine (C=N–C) groups is 1. The lowest BCUT2D eigenvalue weighted by Crippen LogP contribution is -2.44. The molecule has 2 rings (SSSR count). The number of likely N-dealkylation sites (N-methyl/N-ethyl adjacent to an activating group) is 2. The maximum Gasteiger partial charge on any atom is 0.243 e. The molecule has 1 aromatic rings. The molecular weight excluding hydrogens is 459 g/mol. The van der Waals surface area contributed by atoms with Crippen molar-refractivity contribution in [1.82, 2.24) is 15.1 Å². The summed E-state index contributed by atoms with van der Waals surface area (Å²) < 4.78 is 11.4. The molecule has 1 N–H and O–H groups in total. The zero-order valence-electron chi connectivity index (χ0n) is 16.4. The maximum absolute atomic E-state index is 11.9. The van der Waals surface area contributed by atoms with Crippen LogP contribution in [0.15, 0.2) is 35.3 Å². The molecular formula is C19H31IN4O3. The fourth-order valence-corrected chi connectivity index (χ4v) is 2.53. The summed E-state index contributed by atoms with van der Waals surface area (Å²) in [6, 6.07) is 9.71. The summed E-state index contributed by atoms with van der Waals surface area (Å²) in [5, 5.41) is 3.33. The first kappa shape index (κ1) is 23.5. The molecule has 0 aromatic heterocycles. The van der Waals surface area contributed by atoms with Gasteiger partial charge in [0.15, 0.2) is 5.96 Å². The Balaban J connectivity index is 0.00000364. The minimum atomic E-state index is -0.0321. The molecule has 27 heavy (non-hydrogen) atoms. The predicted molar refractivity (Wildman–Crippen MR) is 118 cm³/mol. The number of nitrogens with one attached hydrogen (secondary N) is 1. The number of rotatable bonds is 8. The number of guanidine groups is 1. The summed E-state index contributed by atoms with van der Waals surface area (Å²) in [5.41, 5.74) is 0. The van der Waals surface area contributed by atoms with E-state index in [1.165, 1.54) is 0 Å². The molecule has 1 unspecified atom stereocenters. The first-order valence-corrected chi connectivity index (χ1v) is 9.05. The van der Waals surface area contributed by atoms with Crippen molar-refractivity contribution in [2.24, 2.45) is 4.99 Å². The molecule has 0 spiro atoms. The number of nitrogens with zero attached hydrogens (tertiary/aromatic N) is 3. The Bertz CT molecular complexity index is 578. The number of ether oxygens (including phenoxy) is 2. The van der Waals surface area contributed by atoms with E-state index in [1.807, 2.05) is 42.3 Å². The highest BCUT2D eigenvalue weighted by molar-refractivity contribution is 14.0. The minimum Gasteiger partial charge on any atom is -0.492 e. The third-order valence-electron chi connectivity index (χ3n) is 4.17. The van der Waals surface area contributed by atoms with Crippen LogP contribution in [0.3, 0.4) is 0 Å². The molecule has 152 valence electrons. The van der Waals surface area contributed by atoms with Crippen molar-refractivity contribution in [3.8, 4) is 5.75 Å². The molecule has 1 fully saturated rings. The number of para-hydroxylation sites is 1. The second-order valence-corrected chi connectivity index (χ2v) is 6.53. The summed E-state index contributed by atoms with van der Waals surface area (Å²) in [4.78, 5) is 19.8. The monoisotopic (exact) mass is 490 g/mol. The van der Waals surface area contributed by atoms with Gasteiger partial charge >= 0.3 is 0 Å². The average molecular weight is 490 g/mol. The molecule has 8 heteroatoms. The molecule has 1 saturated heterocycles. The van der Waals surface area contributed by atoms with E-state index in [2.05, 4.69) is 10.3 Å². The van der Waals surface area contributed by atoms with Crippen LogP contribution < -0.4 is 10.1 Å². The number of carbonyl (C=O) groups is 1. The lowest BCUT2D eigenvalue weighted by Gasteiger charge is -2.24. The lowest BCUT2D eigenvalue weighted by atomic mass is 10.2. The SMILES string of the molecule is CN(C)C(=O)CN=C(NCC1CCCO1)N(C)CCOc1ccccc1.I. The van der Waals surface area contributed by atoms with Crippen LogP contribution in [0.1, 0.15) is 12.8 Å². The third kappa shape index (κ3) is 8.79. The normalized spacial score (nSPS) is 16.4. The van der Waals surface area contributed by atoms with Gasteiger partial charge in [0.2, 0.25) is 5.91 Å². The molecule has 1 atom stereocenters. The van der Waals surface area contributed by atoms with E-state index in [9.17, 15) is 4.79 Å². The van der Waals surface area contributed by atoms with Crippen molar-refractivity contribution in [2.45, 2.75) is 18.9 Å². The highest BCUT2D eigenvalue weighted by Crippen LogP contribution is 2.11. The number of halogens is 1. The van der Waals surface area contributed by atoms with Crippen LogP contribution in [-0.2, 0) is 9.53 Å². The van der Waals surface area contributed by atoms with Gasteiger partial charge < -0.3 is 24.6 Å². The Morgan fingerprint density at radius 2 is 2.04 bits per heavy atom. The van der Waals surface area contributed by atoms with Gasteiger partial charge in [-0.15, -0.1) is 24.0 Å².